The summed E-state index contributed by atoms with van der Waals surface area (Å²) in [5.41, 5.74) is 4.09. The van der Waals surface area contributed by atoms with Crippen molar-refractivity contribution < 1.29 is 9.15 Å². The van der Waals surface area contributed by atoms with E-state index in [1.165, 1.54) is 54.1 Å². The van der Waals surface area contributed by atoms with Gasteiger partial charge in [-0.2, -0.15) is 0 Å². The third-order valence-corrected chi connectivity index (χ3v) is 6.63. The van der Waals surface area contributed by atoms with Gasteiger partial charge < -0.3 is 13.7 Å². The van der Waals surface area contributed by atoms with Crippen molar-refractivity contribution in [1.29, 1.82) is 0 Å². The van der Waals surface area contributed by atoms with Gasteiger partial charge in [0, 0.05) is 25.7 Å². The highest BCUT2D eigenvalue weighted by molar-refractivity contribution is 7.99. The Balaban J connectivity index is 1.29. The van der Waals surface area contributed by atoms with Crippen LogP contribution in [0.3, 0.4) is 0 Å². The minimum Gasteiger partial charge on any atom is -0.492 e. The van der Waals surface area contributed by atoms with Crippen LogP contribution in [0.25, 0.3) is 5.57 Å². The molecule has 1 aliphatic carbocycles. The number of allylic oxidation sites excluding steroid dienone is 2. The maximum atomic E-state index is 6.05. The number of ether oxygens (including phenoxy) is 1. The lowest BCUT2D eigenvalue weighted by Crippen LogP contribution is -2.25. The molecule has 3 aromatic rings. The van der Waals surface area contributed by atoms with Gasteiger partial charge in [-0.05, 0) is 72.8 Å². The van der Waals surface area contributed by atoms with Crippen molar-refractivity contribution in [2.45, 2.75) is 49.0 Å². The zero-order valence-corrected chi connectivity index (χ0v) is 18.0. The van der Waals surface area contributed by atoms with Crippen molar-refractivity contribution >= 4 is 17.3 Å². The van der Waals surface area contributed by atoms with E-state index in [4.69, 9.17) is 9.15 Å². The summed E-state index contributed by atoms with van der Waals surface area (Å²) in [6, 6.07) is 10.7. The fourth-order valence-electron chi connectivity index (χ4n) is 4.06. The third-order valence-electron chi connectivity index (χ3n) is 5.66. The van der Waals surface area contributed by atoms with Gasteiger partial charge >= 0.3 is 0 Å². The summed E-state index contributed by atoms with van der Waals surface area (Å²) in [7, 11) is 1.93. The number of aromatic nitrogens is 3. The monoisotopic (exact) mass is 422 g/mol. The van der Waals surface area contributed by atoms with Crippen LogP contribution in [0.1, 0.15) is 42.6 Å². The van der Waals surface area contributed by atoms with Gasteiger partial charge in [-0.25, -0.2) is 0 Å². The average molecular weight is 423 g/mol. The van der Waals surface area contributed by atoms with Crippen LogP contribution >= 0.6 is 11.8 Å². The van der Waals surface area contributed by atoms with Gasteiger partial charge in [0.05, 0.1) is 6.54 Å². The molecule has 0 bridgehead atoms. The maximum absolute atomic E-state index is 6.05. The Bertz CT molecular complexity index is 1060. The molecule has 5 rings (SSSR count). The van der Waals surface area contributed by atoms with E-state index in [9.17, 15) is 0 Å². The summed E-state index contributed by atoms with van der Waals surface area (Å²) in [6.45, 7) is 3.19. The molecule has 0 radical (unpaired) electrons. The molecular weight excluding hydrogens is 396 g/mol. The molecule has 2 aliphatic rings. The summed E-state index contributed by atoms with van der Waals surface area (Å²) in [4.78, 5) is 2.39. The van der Waals surface area contributed by atoms with Crippen LogP contribution in [-0.4, -0.2) is 32.8 Å². The molecule has 7 heteroatoms. The topological polar surface area (TPSA) is 56.3 Å². The van der Waals surface area contributed by atoms with E-state index in [-0.39, 0.29) is 0 Å². The molecule has 3 heterocycles. The number of rotatable bonds is 5. The van der Waals surface area contributed by atoms with Gasteiger partial charge in [0.1, 0.15) is 24.4 Å². The second-order valence-electron chi connectivity index (χ2n) is 7.90. The number of aryl methyl sites for hydroxylation is 1. The van der Waals surface area contributed by atoms with Crippen LogP contribution in [0, 0.1) is 0 Å². The molecule has 6 nitrogen and oxygen atoms in total. The largest absolute Gasteiger partial charge is 0.492 e. The Morgan fingerprint density at radius 2 is 2.13 bits per heavy atom. The standard InChI is InChI=1S/C23H26N4O2S/c1-26-16-24-25-23(26)30-22-10-8-20(29-22)15-27-11-12-28-21-9-7-18(13-19(21)14-27)17-5-3-2-4-6-17/h5,7-10,13,16H,2-4,6,11-12,14-15H2,1H3. The molecule has 0 atom stereocenters. The molecule has 2 aromatic heterocycles. The van der Waals surface area contributed by atoms with Crippen molar-refractivity contribution in [3.8, 4) is 5.75 Å². The first kappa shape index (κ1) is 19.5. The molecular formula is C23H26N4O2S. The number of hydrogen-bond acceptors (Lipinski definition) is 6. The molecule has 0 unspecified atom stereocenters. The molecule has 1 aliphatic heterocycles. The van der Waals surface area contributed by atoms with Gasteiger partial charge in [-0.3, -0.25) is 4.90 Å². The first-order valence-corrected chi connectivity index (χ1v) is 11.3. The van der Waals surface area contributed by atoms with E-state index in [2.05, 4.69) is 45.4 Å². The number of furan rings is 1. The van der Waals surface area contributed by atoms with Crippen LogP contribution in [0.2, 0.25) is 0 Å². The first-order valence-electron chi connectivity index (χ1n) is 10.5. The maximum Gasteiger partial charge on any atom is 0.198 e. The summed E-state index contributed by atoms with van der Waals surface area (Å²) < 4.78 is 14.0. The second-order valence-corrected chi connectivity index (χ2v) is 8.88. The fourth-order valence-corrected chi connectivity index (χ4v) is 4.80. The lowest BCUT2D eigenvalue weighted by molar-refractivity contribution is 0.203. The van der Waals surface area contributed by atoms with Crippen LogP contribution in [0.15, 0.2) is 57.4 Å². The number of fused-ring (bicyclic) bond motifs is 1. The average Bonchev–Trinajstić information content (AvgIpc) is 3.32. The highest BCUT2D eigenvalue weighted by Gasteiger charge is 2.19. The van der Waals surface area contributed by atoms with Crippen LogP contribution < -0.4 is 4.74 Å². The highest BCUT2D eigenvalue weighted by atomic mass is 32.2. The zero-order valence-electron chi connectivity index (χ0n) is 17.2. The minimum atomic E-state index is 0.691. The summed E-state index contributed by atoms with van der Waals surface area (Å²) in [5.74, 6) is 1.96. The molecule has 0 amide bonds. The van der Waals surface area contributed by atoms with E-state index in [1.54, 1.807) is 6.33 Å². The zero-order chi connectivity index (χ0) is 20.3. The SMILES string of the molecule is Cn1cnnc1Sc1ccc(CN2CCOc3ccc(C4=CCCCC4)cc3C2)o1. The predicted octanol–water partition coefficient (Wildman–Crippen LogP) is 4.91. The smallest absolute Gasteiger partial charge is 0.198 e. The Morgan fingerprint density at radius 3 is 2.97 bits per heavy atom. The molecule has 156 valence electrons. The molecule has 0 saturated heterocycles. The van der Waals surface area contributed by atoms with Crippen molar-refractivity contribution in [3.63, 3.8) is 0 Å². The predicted molar refractivity (Wildman–Crippen MR) is 116 cm³/mol. The summed E-state index contributed by atoms with van der Waals surface area (Å²) >= 11 is 1.49. The Kier molecular flexibility index (Phi) is 5.64. The minimum absolute atomic E-state index is 0.691. The molecule has 0 fully saturated rings. The van der Waals surface area contributed by atoms with Crippen molar-refractivity contribution in [3.05, 3.63) is 59.6 Å². The van der Waals surface area contributed by atoms with E-state index in [0.717, 1.165) is 41.4 Å². The van der Waals surface area contributed by atoms with Crippen LogP contribution in [0.4, 0.5) is 0 Å². The molecule has 1 aromatic carbocycles. The first-order chi connectivity index (χ1) is 14.7. The Hall–Kier alpha value is -2.51. The van der Waals surface area contributed by atoms with E-state index < -0.39 is 0 Å². The summed E-state index contributed by atoms with van der Waals surface area (Å²) in [5, 5.41) is 9.67. The molecule has 0 N–H and O–H groups in total. The van der Waals surface area contributed by atoms with Gasteiger partial charge in [-0.15, -0.1) is 10.2 Å². The number of benzene rings is 1. The quantitative estimate of drug-likeness (QED) is 0.582. The highest BCUT2D eigenvalue weighted by Crippen LogP contribution is 2.32. The molecule has 0 saturated carbocycles. The van der Waals surface area contributed by atoms with Gasteiger partial charge in [-0.1, -0.05) is 12.1 Å². The lowest BCUT2D eigenvalue weighted by atomic mass is 9.92. The molecule has 30 heavy (non-hydrogen) atoms. The normalized spacial score (nSPS) is 17.2. The second kappa shape index (κ2) is 8.70. The van der Waals surface area contributed by atoms with E-state index in [0.29, 0.717) is 6.61 Å². The van der Waals surface area contributed by atoms with E-state index in [1.807, 2.05) is 17.7 Å². The van der Waals surface area contributed by atoms with Gasteiger partial charge in [0.15, 0.2) is 10.2 Å². The Labute approximate surface area is 180 Å². The van der Waals surface area contributed by atoms with Crippen molar-refractivity contribution in [2.24, 2.45) is 7.05 Å². The van der Waals surface area contributed by atoms with Gasteiger partial charge in [0.2, 0.25) is 0 Å². The number of hydrogen-bond donors (Lipinski definition) is 0. The van der Waals surface area contributed by atoms with Crippen molar-refractivity contribution in [2.75, 3.05) is 13.2 Å². The Morgan fingerprint density at radius 1 is 1.17 bits per heavy atom. The third kappa shape index (κ3) is 4.32. The van der Waals surface area contributed by atoms with Crippen LogP contribution in [0.5, 0.6) is 5.75 Å². The number of nitrogens with zero attached hydrogens (tertiary/aromatic N) is 4. The fraction of sp³-hybridized carbons (Fsp3) is 0.391. The lowest BCUT2D eigenvalue weighted by Gasteiger charge is -2.19. The molecule has 0 spiro atoms. The van der Waals surface area contributed by atoms with Crippen molar-refractivity contribution in [1.82, 2.24) is 19.7 Å². The van der Waals surface area contributed by atoms with Crippen LogP contribution in [-0.2, 0) is 20.1 Å². The van der Waals surface area contributed by atoms with Gasteiger partial charge in [0.25, 0.3) is 0 Å². The summed E-state index contributed by atoms with van der Waals surface area (Å²) in [6.07, 6.45) is 9.08. The van der Waals surface area contributed by atoms with E-state index >= 15 is 0 Å².